The standard InChI is InChI=1S/C50H63ClN2O4/c1-5-11-37(22-23-38-20-18-36(6-2)19-21-38)17-16-35(4)49(55)47(34-40-32-41(7-3)48(52)45(51)33-40)57-50(56)53-30-28-39(29-31-53)24-25-44-27-26-43-13-9-8-12-42(43)14-10-15-46(44)54/h6,8-10,12-13,15,18-23,32-33,37,39,44,47,50,56H,2,4-5,7,11,14,16-17,24-31,34,52H2,1,3H3/b15-10+,23-22+/t37?,44?,47-,50?/m1/s1. The molecule has 0 bridgehead atoms. The first-order valence-corrected chi connectivity index (χ1v) is 21.5. The third-order valence-corrected chi connectivity index (χ3v) is 12.3. The third kappa shape index (κ3) is 13.0. The van der Waals surface area contributed by atoms with Crippen molar-refractivity contribution >= 4 is 41.0 Å². The summed E-state index contributed by atoms with van der Waals surface area (Å²) in [7, 11) is 0. The molecule has 1 fully saturated rings. The number of nitrogens with two attached hydrogens (primary N) is 1. The molecule has 5 rings (SSSR count). The van der Waals surface area contributed by atoms with Crippen LogP contribution in [0.2, 0.25) is 5.02 Å². The Morgan fingerprint density at radius 2 is 1.74 bits per heavy atom. The molecule has 3 N–H and O–H groups in total. The summed E-state index contributed by atoms with van der Waals surface area (Å²) in [6, 6.07) is 20.6. The van der Waals surface area contributed by atoms with Crippen LogP contribution in [0.15, 0.2) is 97.6 Å². The van der Waals surface area contributed by atoms with Crippen LogP contribution in [0.4, 0.5) is 5.69 Å². The van der Waals surface area contributed by atoms with Gasteiger partial charge in [-0.2, -0.15) is 0 Å². The number of halogens is 1. The average molecular weight is 792 g/mol. The highest BCUT2D eigenvalue weighted by Crippen LogP contribution is 2.31. The zero-order valence-electron chi connectivity index (χ0n) is 34.1. The van der Waals surface area contributed by atoms with Gasteiger partial charge in [-0.25, -0.2) is 0 Å². The predicted octanol–water partition coefficient (Wildman–Crippen LogP) is 10.8. The highest BCUT2D eigenvalue weighted by molar-refractivity contribution is 6.33. The van der Waals surface area contributed by atoms with Gasteiger partial charge in [0, 0.05) is 25.4 Å². The topological polar surface area (TPSA) is 92.9 Å². The van der Waals surface area contributed by atoms with Gasteiger partial charge in [0.05, 0.1) is 10.7 Å². The van der Waals surface area contributed by atoms with Crippen molar-refractivity contribution in [3.63, 3.8) is 0 Å². The van der Waals surface area contributed by atoms with E-state index in [2.05, 4.69) is 80.8 Å². The largest absolute Gasteiger partial charge is 0.397 e. The molecule has 304 valence electrons. The quantitative estimate of drug-likeness (QED) is 0.0714. The number of ether oxygens (including phenoxy) is 1. The zero-order valence-corrected chi connectivity index (χ0v) is 34.9. The van der Waals surface area contributed by atoms with Crippen molar-refractivity contribution in [3.8, 4) is 0 Å². The summed E-state index contributed by atoms with van der Waals surface area (Å²) in [5.41, 5.74) is 13.9. The van der Waals surface area contributed by atoms with Crippen LogP contribution in [-0.2, 0) is 40.0 Å². The van der Waals surface area contributed by atoms with Gasteiger partial charge in [-0.05, 0) is 134 Å². The monoisotopic (exact) mass is 790 g/mol. The number of nitrogens with zero attached hydrogens (tertiary/aromatic N) is 1. The average Bonchev–Trinajstić information content (AvgIpc) is 3.30. The maximum Gasteiger partial charge on any atom is 0.216 e. The van der Waals surface area contributed by atoms with Gasteiger partial charge in [-0.15, -0.1) is 0 Å². The van der Waals surface area contributed by atoms with E-state index in [9.17, 15) is 14.7 Å². The van der Waals surface area contributed by atoms with Gasteiger partial charge in [0.25, 0.3) is 0 Å². The molecule has 3 unspecified atom stereocenters. The van der Waals surface area contributed by atoms with Crippen molar-refractivity contribution in [2.45, 2.75) is 110 Å². The Balaban J connectivity index is 1.19. The third-order valence-electron chi connectivity index (χ3n) is 12.0. The second-order valence-corrected chi connectivity index (χ2v) is 16.4. The Kier molecular flexibility index (Phi) is 17.1. The van der Waals surface area contributed by atoms with E-state index in [0.717, 1.165) is 86.5 Å². The number of aliphatic hydroxyl groups is 1. The minimum absolute atomic E-state index is 0.0253. The summed E-state index contributed by atoms with van der Waals surface area (Å²) in [4.78, 5) is 29.2. The lowest BCUT2D eigenvalue weighted by atomic mass is 9.85. The van der Waals surface area contributed by atoms with Gasteiger partial charge in [0.15, 0.2) is 11.6 Å². The second-order valence-electron chi connectivity index (χ2n) is 16.0. The number of benzene rings is 3. The number of carbonyl (C=O) groups is 2. The molecule has 0 amide bonds. The van der Waals surface area contributed by atoms with Crippen molar-refractivity contribution in [2.24, 2.45) is 17.8 Å². The fraction of sp³-hybridized carbons (Fsp3) is 0.440. The molecular formula is C50H63ClN2O4. The number of fused-ring (bicyclic) bond motifs is 1. The number of nitrogen functional groups attached to an aromatic ring is 1. The number of likely N-dealkylation sites (tertiary alicyclic amines) is 1. The Hall–Kier alpha value is -4.07. The van der Waals surface area contributed by atoms with Crippen molar-refractivity contribution in [2.75, 3.05) is 18.8 Å². The number of aliphatic hydroxyl groups excluding tert-OH is 1. The number of aryl methyl sites for hydroxylation is 2. The normalized spacial score (nSPS) is 18.9. The molecule has 1 aliphatic carbocycles. The molecule has 0 saturated carbocycles. The van der Waals surface area contributed by atoms with E-state index in [1.807, 2.05) is 30.0 Å². The number of ketones is 2. The maximum absolute atomic E-state index is 14.2. The van der Waals surface area contributed by atoms with Gasteiger partial charge < -0.3 is 15.6 Å². The second kappa shape index (κ2) is 22.2. The first-order valence-electron chi connectivity index (χ1n) is 21.1. The van der Waals surface area contributed by atoms with Gasteiger partial charge in [-0.1, -0.05) is 124 Å². The van der Waals surface area contributed by atoms with E-state index < -0.39 is 12.5 Å². The van der Waals surface area contributed by atoms with E-state index in [-0.39, 0.29) is 29.8 Å². The molecule has 3 aromatic rings. The first kappa shape index (κ1) is 44.0. The van der Waals surface area contributed by atoms with E-state index >= 15 is 0 Å². The summed E-state index contributed by atoms with van der Waals surface area (Å²) in [6.45, 7) is 13.6. The molecule has 6 nitrogen and oxygen atoms in total. The zero-order chi connectivity index (χ0) is 40.7. The molecule has 0 spiro atoms. The number of allylic oxidation sites excluding steroid dienone is 3. The molecule has 1 heterocycles. The molecule has 0 aromatic heterocycles. The Morgan fingerprint density at radius 1 is 1.02 bits per heavy atom. The van der Waals surface area contributed by atoms with Crippen molar-refractivity contribution in [1.82, 2.24) is 4.90 Å². The van der Waals surface area contributed by atoms with Crippen LogP contribution in [0.25, 0.3) is 12.2 Å². The lowest BCUT2D eigenvalue weighted by Gasteiger charge is -2.36. The fourth-order valence-electron chi connectivity index (χ4n) is 8.30. The fourth-order valence-corrected chi connectivity index (χ4v) is 8.56. The number of anilines is 1. The highest BCUT2D eigenvalue weighted by atomic mass is 35.5. The summed E-state index contributed by atoms with van der Waals surface area (Å²) in [5.74, 6) is 0.809. The van der Waals surface area contributed by atoms with Crippen LogP contribution in [0.3, 0.4) is 0 Å². The van der Waals surface area contributed by atoms with Gasteiger partial charge in [0.1, 0.15) is 6.10 Å². The SMILES string of the molecule is C=Cc1ccc(/C=C/C(CCC)CCC(=C)C(=O)[C@@H](Cc2cc(Cl)c(N)c(CC)c2)OC(O)N2CCC(CCC3CCc4ccccc4C/C=C/C3=O)CC2)cc1. The summed E-state index contributed by atoms with van der Waals surface area (Å²) in [5, 5.41) is 11.9. The molecule has 7 heteroatoms. The summed E-state index contributed by atoms with van der Waals surface area (Å²) in [6.07, 6.45) is 18.4. The van der Waals surface area contributed by atoms with Gasteiger partial charge in [0.2, 0.25) is 6.41 Å². The van der Waals surface area contributed by atoms with Crippen LogP contribution in [0, 0.1) is 17.8 Å². The molecule has 3 aromatic carbocycles. The predicted molar refractivity (Wildman–Crippen MR) is 237 cm³/mol. The number of hydrogen-bond donors (Lipinski definition) is 2. The number of Topliss-reactive ketones (excluding diaryl/α,β-unsaturated/α-hetero) is 1. The molecule has 4 atom stereocenters. The smallest absolute Gasteiger partial charge is 0.216 e. The van der Waals surface area contributed by atoms with Gasteiger partial charge >= 0.3 is 0 Å². The molecule has 1 saturated heterocycles. The molecular weight excluding hydrogens is 728 g/mol. The van der Waals surface area contributed by atoms with Crippen molar-refractivity contribution in [1.29, 1.82) is 0 Å². The Bertz CT molecular complexity index is 1870. The molecule has 2 aliphatic rings. The van der Waals surface area contributed by atoms with Crippen LogP contribution in [0.5, 0.6) is 0 Å². The Labute approximate surface area is 346 Å². The minimum atomic E-state index is -1.24. The van der Waals surface area contributed by atoms with E-state index in [1.165, 1.54) is 11.1 Å². The summed E-state index contributed by atoms with van der Waals surface area (Å²) < 4.78 is 6.29. The molecule has 57 heavy (non-hydrogen) atoms. The number of piperidine rings is 1. The van der Waals surface area contributed by atoms with Crippen LogP contribution < -0.4 is 5.73 Å². The van der Waals surface area contributed by atoms with Crippen LogP contribution >= 0.6 is 11.6 Å². The summed E-state index contributed by atoms with van der Waals surface area (Å²) >= 11 is 6.54. The first-order chi connectivity index (χ1) is 27.6. The van der Waals surface area contributed by atoms with Gasteiger partial charge in [-0.3, -0.25) is 14.5 Å². The number of rotatable bonds is 19. The highest BCUT2D eigenvalue weighted by Gasteiger charge is 2.31. The van der Waals surface area contributed by atoms with Crippen molar-refractivity contribution < 1.29 is 19.4 Å². The lowest BCUT2D eigenvalue weighted by molar-refractivity contribution is -0.220. The van der Waals surface area contributed by atoms with Crippen LogP contribution in [-0.4, -0.2) is 47.2 Å². The minimum Gasteiger partial charge on any atom is -0.397 e. The lowest BCUT2D eigenvalue weighted by Crippen LogP contribution is -2.46. The van der Waals surface area contributed by atoms with Crippen molar-refractivity contribution in [3.05, 3.63) is 136 Å². The molecule has 1 aliphatic heterocycles. The Morgan fingerprint density at radius 3 is 2.44 bits per heavy atom. The molecule has 0 radical (unpaired) electrons. The van der Waals surface area contributed by atoms with E-state index in [1.54, 1.807) is 12.1 Å². The van der Waals surface area contributed by atoms with Crippen LogP contribution in [0.1, 0.15) is 105 Å². The maximum atomic E-state index is 14.2. The number of carbonyl (C=O) groups excluding carboxylic acids is 2. The number of hydrogen-bond acceptors (Lipinski definition) is 6. The van der Waals surface area contributed by atoms with E-state index in [4.69, 9.17) is 22.1 Å². The van der Waals surface area contributed by atoms with E-state index in [0.29, 0.717) is 48.1 Å².